The number of carbonyl (C=O) groups is 1. The molecule has 0 saturated carbocycles. The quantitative estimate of drug-likeness (QED) is 0.448. The predicted molar refractivity (Wildman–Crippen MR) is 117 cm³/mol. The second-order valence-electron chi connectivity index (χ2n) is 7.09. The third-order valence-electron chi connectivity index (χ3n) is 5.03. The van der Waals surface area contributed by atoms with Gasteiger partial charge in [0.2, 0.25) is 5.91 Å². The van der Waals surface area contributed by atoms with Crippen molar-refractivity contribution in [2.45, 2.75) is 13.1 Å². The first-order chi connectivity index (χ1) is 14.4. The predicted octanol–water partition coefficient (Wildman–Crippen LogP) is 2.71. The fourth-order valence-corrected chi connectivity index (χ4v) is 3.96. The first kappa shape index (κ1) is 20.1. The van der Waals surface area contributed by atoms with E-state index in [2.05, 4.69) is 26.0 Å². The molecule has 0 radical (unpaired) electrons. The molecule has 4 rings (SSSR count). The topological polar surface area (TPSA) is 82.2 Å². The van der Waals surface area contributed by atoms with Gasteiger partial charge in [-0.3, -0.25) is 14.2 Å². The van der Waals surface area contributed by atoms with Crippen LogP contribution < -0.4 is 10.3 Å². The fourth-order valence-electron chi connectivity index (χ4n) is 3.38. The number of methoxy groups -OCH3 is 1. The molecule has 0 fully saturated rings. The van der Waals surface area contributed by atoms with Gasteiger partial charge in [0.1, 0.15) is 28.6 Å². The van der Waals surface area contributed by atoms with Gasteiger partial charge >= 0.3 is 0 Å². The van der Waals surface area contributed by atoms with Crippen LogP contribution in [0.25, 0.3) is 21.8 Å². The van der Waals surface area contributed by atoms with Gasteiger partial charge < -0.3 is 9.64 Å². The number of amides is 1. The molecule has 0 aliphatic heterocycles. The summed E-state index contributed by atoms with van der Waals surface area (Å²) in [6, 6.07) is 11.9. The third-order valence-corrected chi connectivity index (χ3v) is 5.59. The minimum Gasteiger partial charge on any atom is -0.497 e. The van der Waals surface area contributed by atoms with Crippen LogP contribution in [0.1, 0.15) is 5.56 Å². The van der Waals surface area contributed by atoms with E-state index in [1.807, 2.05) is 36.4 Å². The van der Waals surface area contributed by atoms with Crippen LogP contribution in [-0.2, 0) is 24.9 Å². The van der Waals surface area contributed by atoms with Crippen molar-refractivity contribution in [2.24, 2.45) is 7.05 Å². The summed E-state index contributed by atoms with van der Waals surface area (Å²) >= 11 is 3.28. The lowest BCUT2D eigenvalue weighted by Gasteiger charge is -2.18. The molecular weight excluding hydrogens is 450 g/mol. The molecule has 2 aromatic heterocycles. The van der Waals surface area contributed by atoms with Gasteiger partial charge in [0, 0.05) is 20.6 Å². The van der Waals surface area contributed by atoms with E-state index in [9.17, 15) is 9.59 Å². The number of hydrogen-bond acceptors (Lipinski definition) is 5. The molecule has 0 unspecified atom stereocenters. The number of halogens is 1. The maximum Gasteiger partial charge on any atom is 0.266 e. The van der Waals surface area contributed by atoms with Crippen LogP contribution in [0.5, 0.6) is 5.75 Å². The van der Waals surface area contributed by atoms with E-state index in [4.69, 9.17) is 4.74 Å². The molecule has 0 N–H and O–H groups in total. The van der Waals surface area contributed by atoms with E-state index in [0.717, 1.165) is 22.1 Å². The number of aryl methyl sites for hydroxylation is 1. The van der Waals surface area contributed by atoms with E-state index >= 15 is 0 Å². The number of rotatable bonds is 5. The van der Waals surface area contributed by atoms with Crippen LogP contribution in [0.3, 0.4) is 0 Å². The third kappa shape index (κ3) is 3.68. The number of hydrogen-bond donors (Lipinski definition) is 0. The van der Waals surface area contributed by atoms with E-state index in [0.29, 0.717) is 22.2 Å². The number of fused-ring (bicyclic) bond motifs is 2. The fraction of sp³-hybridized carbons (Fsp3) is 0.238. The number of benzene rings is 2. The molecule has 8 nitrogen and oxygen atoms in total. The summed E-state index contributed by atoms with van der Waals surface area (Å²) in [5.41, 5.74) is 1.16. The van der Waals surface area contributed by atoms with Gasteiger partial charge in [-0.15, -0.1) is 0 Å². The molecule has 9 heteroatoms. The van der Waals surface area contributed by atoms with Gasteiger partial charge in [0.05, 0.1) is 7.11 Å². The Morgan fingerprint density at radius 3 is 2.70 bits per heavy atom. The molecule has 0 atom stereocenters. The number of nitrogens with zero attached hydrogens (tertiary/aromatic N) is 5. The Morgan fingerprint density at radius 2 is 1.93 bits per heavy atom. The first-order valence-electron chi connectivity index (χ1n) is 9.25. The van der Waals surface area contributed by atoms with E-state index in [-0.39, 0.29) is 18.0 Å². The number of likely N-dealkylation sites (N-methyl/N-ethyl adjacent to an activating group) is 1. The van der Waals surface area contributed by atoms with Crippen molar-refractivity contribution in [1.29, 1.82) is 0 Å². The number of carbonyl (C=O) groups excluding carboxylic acids is 1. The van der Waals surface area contributed by atoms with Crippen LogP contribution in [0.4, 0.5) is 0 Å². The minimum atomic E-state index is -0.304. The van der Waals surface area contributed by atoms with Crippen LogP contribution in [-0.4, -0.2) is 44.3 Å². The standard InChI is InChI=1S/C21H20BrN5O3/c1-25(10-13-4-5-15-9-16(30-3)7-6-14(15)8-13)17(28)11-27-12-23-20-18(21(27)29)19(22)24-26(20)2/h4-9,12H,10-11H2,1-3H3. The van der Waals surface area contributed by atoms with Crippen molar-refractivity contribution in [3.63, 3.8) is 0 Å². The lowest BCUT2D eigenvalue weighted by Crippen LogP contribution is -2.33. The molecule has 0 aliphatic carbocycles. The molecule has 0 aliphatic rings. The first-order valence-corrected chi connectivity index (χ1v) is 10.0. The zero-order chi connectivity index (χ0) is 21.4. The second-order valence-corrected chi connectivity index (χ2v) is 7.84. The Morgan fingerprint density at radius 1 is 1.20 bits per heavy atom. The van der Waals surface area contributed by atoms with Crippen molar-refractivity contribution in [1.82, 2.24) is 24.2 Å². The molecule has 154 valence electrons. The smallest absolute Gasteiger partial charge is 0.266 e. The van der Waals surface area contributed by atoms with Crippen LogP contribution in [0, 0.1) is 0 Å². The summed E-state index contributed by atoms with van der Waals surface area (Å²) in [5.74, 6) is 0.618. The Bertz CT molecular complexity index is 1330. The van der Waals surface area contributed by atoms with Crippen LogP contribution in [0.15, 0.2) is 52.1 Å². The zero-order valence-electron chi connectivity index (χ0n) is 16.8. The largest absolute Gasteiger partial charge is 0.497 e. The Hall–Kier alpha value is -3.20. The Kier molecular flexibility index (Phi) is 5.29. The van der Waals surface area contributed by atoms with Gasteiger partial charge in [0.25, 0.3) is 5.56 Å². The molecular formula is C21H20BrN5O3. The van der Waals surface area contributed by atoms with E-state index < -0.39 is 0 Å². The molecule has 1 amide bonds. The summed E-state index contributed by atoms with van der Waals surface area (Å²) < 4.78 is 8.50. The van der Waals surface area contributed by atoms with Gasteiger partial charge in [-0.25, -0.2) is 9.67 Å². The maximum absolute atomic E-state index is 12.7. The minimum absolute atomic E-state index is 0.0929. The van der Waals surface area contributed by atoms with Crippen molar-refractivity contribution in [2.75, 3.05) is 14.2 Å². The summed E-state index contributed by atoms with van der Waals surface area (Å²) in [4.78, 5) is 31.3. The van der Waals surface area contributed by atoms with Crippen molar-refractivity contribution in [3.05, 3.63) is 63.2 Å². The lowest BCUT2D eigenvalue weighted by molar-refractivity contribution is -0.131. The van der Waals surface area contributed by atoms with Gasteiger partial charge in [-0.1, -0.05) is 18.2 Å². The molecule has 4 aromatic rings. The van der Waals surface area contributed by atoms with Gasteiger partial charge in [0.15, 0.2) is 5.65 Å². The highest BCUT2D eigenvalue weighted by Crippen LogP contribution is 2.22. The maximum atomic E-state index is 12.7. The summed E-state index contributed by atoms with van der Waals surface area (Å²) in [6.45, 7) is 0.339. The molecule has 0 spiro atoms. The van der Waals surface area contributed by atoms with Gasteiger partial charge in [-0.05, 0) is 50.5 Å². The van der Waals surface area contributed by atoms with Crippen LogP contribution >= 0.6 is 15.9 Å². The lowest BCUT2D eigenvalue weighted by atomic mass is 10.1. The average Bonchev–Trinajstić information content (AvgIpc) is 3.03. The number of aromatic nitrogens is 4. The van der Waals surface area contributed by atoms with E-state index in [1.54, 1.807) is 26.1 Å². The highest BCUT2D eigenvalue weighted by atomic mass is 79.9. The molecule has 2 heterocycles. The Balaban J connectivity index is 1.52. The number of ether oxygens (including phenoxy) is 1. The highest BCUT2D eigenvalue weighted by Gasteiger charge is 2.17. The molecule has 2 aromatic carbocycles. The molecule has 0 bridgehead atoms. The summed E-state index contributed by atoms with van der Waals surface area (Å²) in [5, 5.41) is 6.65. The van der Waals surface area contributed by atoms with Gasteiger partial charge in [-0.2, -0.15) is 5.10 Å². The van der Waals surface area contributed by atoms with Crippen molar-refractivity contribution in [3.8, 4) is 5.75 Å². The summed E-state index contributed by atoms with van der Waals surface area (Å²) in [7, 11) is 5.07. The average molecular weight is 470 g/mol. The highest BCUT2D eigenvalue weighted by molar-refractivity contribution is 9.10. The normalized spacial score (nSPS) is 11.2. The second kappa shape index (κ2) is 7.91. The van der Waals surface area contributed by atoms with Crippen LogP contribution in [0.2, 0.25) is 0 Å². The molecule has 30 heavy (non-hydrogen) atoms. The van der Waals surface area contributed by atoms with Crippen molar-refractivity contribution < 1.29 is 9.53 Å². The Labute approximate surface area is 180 Å². The molecule has 0 saturated heterocycles. The van der Waals surface area contributed by atoms with E-state index in [1.165, 1.54) is 15.6 Å². The van der Waals surface area contributed by atoms with Crippen molar-refractivity contribution >= 4 is 43.6 Å². The zero-order valence-corrected chi connectivity index (χ0v) is 18.4. The SMILES string of the molecule is COc1ccc2cc(CN(C)C(=O)Cn3cnc4c(c(Br)nn4C)c3=O)ccc2c1. The monoisotopic (exact) mass is 469 g/mol. The summed E-state index contributed by atoms with van der Waals surface area (Å²) in [6.07, 6.45) is 1.38.